The summed E-state index contributed by atoms with van der Waals surface area (Å²) in [4.78, 5) is 10.9. The Labute approximate surface area is 108 Å². The van der Waals surface area contributed by atoms with E-state index in [0.29, 0.717) is 12.3 Å². The summed E-state index contributed by atoms with van der Waals surface area (Å²) < 4.78 is 20.5. The number of halogens is 1. The first kappa shape index (κ1) is 12.9. The first-order chi connectivity index (χ1) is 9.01. The quantitative estimate of drug-likeness (QED) is 0.826. The van der Waals surface area contributed by atoms with E-state index in [0.717, 1.165) is 12.1 Å². The minimum absolute atomic E-state index is 0.151. The van der Waals surface area contributed by atoms with Gasteiger partial charge in [0, 0.05) is 24.4 Å². The summed E-state index contributed by atoms with van der Waals surface area (Å²) in [5.41, 5.74) is 5.06. The van der Waals surface area contributed by atoms with Crippen molar-refractivity contribution in [3.63, 3.8) is 0 Å². The second-order valence-corrected chi connectivity index (χ2v) is 3.81. The van der Waals surface area contributed by atoms with E-state index in [-0.39, 0.29) is 17.0 Å². The van der Waals surface area contributed by atoms with E-state index in [2.05, 4.69) is 5.10 Å². The summed E-state index contributed by atoms with van der Waals surface area (Å²) >= 11 is 0. The minimum atomic E-state index is -1.24. The van der Waals surface area contributed by atoms with E-state index >= 15 is 0 Å². The Morgan fingerprint density at radius 3 is 2.89 bits per heavy atom. The zero-order valence-electron chi connectivity index (χ0n) is 10.1. The van der Waals surface area contributed by atoms with Gasteiger partial charge >= 0.3 is 5.97 Å². The van der Waals surface area contributed by atoms with Gasteiger partial charge in [0.05, 0.1) is 18.0 Å². The second-order valence-electron chi connectivity index (χ2n) is 3.81. The molecule has 3 N–H and O–H groups in total. The van der Waals surface area contributed by atoms with Crippen molar-refractivity contribution in [2.75, 3.05) is 5.73 Å². The third-order valence-electron chi connectivity index (χ3n) is 2.50. The number of aromatic nitrogens is 2. The molecule has 2 rings (SSSR count). The van der Waals surface area contributed by atoms with Crippen LogP contribution in [0.15, 0.2) is 24.5 Å². The molecule has 19 heavy (non-hydrogen) atoms. The Hall–Kier alpha value is -2.57. The number of nitrogens with zero attached hydrogens (tertiary/aromatic N) is 2. The number of anilines is 1. The number of aromatic carboxylic acids is 1. The van der Waals surface area contributed by atoms with Gasteiger partial charge in [-0.2, -0.15) is 5.10 Å². The number of benzene rings is 1. The molecule has 0 aliphatic heterocycles. The smallest absolute Gasteiger partial charge is 0.337 e. The van der Waals surface area contributed by atoms with Gasteiger partial charge in [0.15, 0.2) is 17.3 Å². The van der Waals surface area contributed by atoms with Crippen LogP contribution in [0.1, 0.15) is 17.3 Å². The lowest BCUT2D eigenvalue weighted by Crippen LogP contribution is -2.04. The van der Waals surface area contributed by atoms with Gasteiger partial charge in [-0.15, -0.1) is 0 Å². The molecule has 1 heterocycles. The van der Waals surface area contributed by atoms with Crippen LogP contribution in [-0.4, -0.2) is 20.9 Å². The fraction of sp³-hybridized carbons (Fsp3) is 0.167. The van der Waals surface area contributed by atoms with Crippen LogP contribution >= 0.6 is 0 Å². The number of nitrogens with two attached hydrogens (primary N) is 1. The maximum absolute atomic E-state index is 13.6. The molecule has 0 amide bonds. The first-order valence-electron chi connectivity index (χ1n) is 5.54. The Bertz CT molecular complexity index is 625. The highest BCUT2D eigenvalue weighted by Gasteiger charge is 2.15. The molecule has 0 aliphatic carbocycles. The summed E-state index contributed by atoms with van der Waals surface area (Å²) in [6, 6.07) is 1.97. The molecule has 1 aromatic carbocycles. The summed E-state index contributed by atoms with van der Waals surface area (Å²) in [5, 5.41) is 12.9. The molecule has 0 radical (unpaired) electrons. The van der Waals surface area contributed by atoms with Gasteiger partial charge in [-0.1, -0.05) is 0 Å². The highest BCUT2D eigenvalue weighted by atomic mass is 19.1. The highest BCUT2D eigenvalue weighted by Crippen LogP contribution is 2.28. The number of rotatable bonds is 4. The number of hydrogen-bond donors (Lipinski definition) is 2. The number of carboxylic acids is 1. The van der Waals surface area contributed by atoms with Crippen LogP contribution in [0.5, 0.6) is 11.5 Å². The van der Waals surface area contributed by atoms with Crippen LogP contribution in [0.3, 0.4) is 0 Å². The monoisotopic (exact) mass is 265 g/mol. The topological polar surface area (TPSA) is 90.4 Å². The van der Waals surface area contributed by atoms with Crippen molar-refractivity contribution in [1.29, 1.82) is 0 Å². The van der Waals surface area contributed by atoms with Crippen molar-refractivity contribution < 1.29 is 19.0 Å². The molecule has 0 unspecified atom stereocenters. The van der Waals surface area contributed by atoms with Crippen LogP contribution in [0.4, 0.5) is 10.1 Å². The van der Waals surface area contributed by atoms with Gasteiger partial charge in [0.25, 0.3) is 0 Å². The average Bonchev–Trinajstić information content (AvgIpc) is 2.80. The van der Waals surface area contributed by atoms with E-state index in [1.807, 2.05) is 6.92 Å². The third-order valence-corrected chi connectivity index (χ3v) is 2.50. The number of carbonyl (C=O) groups is 1. The lowest BCUT2D eigenvalue weighted by Gasteiger charge is -2.07. The Kier molecular flexibility index (Phi) is 3.37. The van der Waals surface area contributed by atoms with Crippen LogP contribution < -0.4 is 10.5 Å². The predicted molar refractivity (Wildman–Crippen MR) is 65.7 cm³/mol. The largest absolute Gasteiger partial charge is 0.478 e. The van der Waals surface area contributed by atoms with E-state index in [4.69, 9.17) is 15.6 Å². The summed E-state index contributed by atoms with van der Waals surface area (Å²) in [5.74, 6) is -1.86. The number of aryl methyl sites for hydroxylation is 1. The van der Waals surface area contributed by atoms with E-state index in [1.54, 1.807) is 10.9 Å². The second kappa shape index (κ2) is 4.97. The van der Waals surface area contributed by atoms with Crippen LogP contribution in [0, 0.1) is 5.82 Å². The van der Waals surface area contributed by atoms with Crippen LogP contribution in [0.25, 0.3) is 0 Å². The maximum atomic E-state index is 13.6. The molecule has 0 bridgehead atoms. The molecular formula is C12H12FN3O3. The Morgan fingerprint density at radius 1 is 1.58 bits per heavy atom. The molecule has 7 heteroatoms. The molecule has 2 aromatic rings. The van der Waals surface area contributed by atoms with Gasteiger partial charge in [-0.05, 0) is 6.92 Å². The molecule has 0 spiro atoms. The molecular weight excluding hydrogens is 253 g/mol. The third kappa shape index (κ3) is 2.65. The molecule has 0 atom stereocenters. The van der Waals surface area contributed by atoms with E-state index in [9.17, 15) is 9.18 Å². The molecule has 6 nitrogen and oxygen atoms in total. The van der Waals surface area contributed by atoms with Gasteiger partial charge < -0.3 is 15.6 Å². The van der Waals surface area contributed by atoms with Crippen LogP contribution in [0.2, 0.25) is 0 Å². The van der Waals surface area contributed by atoms with Crippen molar-refractivity contribution in [1.82, 2.24) is 9.78 Å². The van der Waals surface area contributed by atoms with Gasteiger partial charge in [-0.25, -0.2) is 9.18 Å². The van der Waals surface area contributed by atoms with Gasteiger partial charge in [0.1, 0.15) is 0 Å². The van der Waals surface area contributed by atoms with Gasteiger partial charge in [-0.3, -0.25) is 4.68 Å². The number of hydrogen-bond acceptors (Lipinski definition) is 4. The summed E-state index contributed by atoms with van der Waals surface area (Å²) in [6.07, 6.45) is 3.00. The SMILES string of the molecule is CCn1cc(Oc2cc(C(=O)O)c(N)cc2F)cn1. The Balaban J connectivity index is 2.34. The van der Waals surface area contributed by atoms with Crippen molar-refractivity contribution in [3.05, 3.63) is 35.9 Å². The lowest BCUT2D eigenvalue weighted by molar-refractivity contribution is 0.0697. The maximum Gasteiger partial charge on any atom is 0.337 e. The molecule has 0 saturated heterocycles. The lowest BCUT2D eigenvalue weighted by atomic mass is 10.1. The van der Waals surface area contributed by atoms with Gasteiger partial charge in [0.2, 0.25) is 0 Å². The minimum Gasteiger partial charge on any atom is -0.478 e. The standard InChI is InChI=1S/C12H12FN3O3/c1-2-16-6-7(5-15-16)19-11-3-8(12(17)18)10(14)4-9(11)13/h3-6H,2,14H2,1H3,(H,17,18). The molecule has 100 valence electrons. The first-order valence-corrected chi connectivity index (χ1v) is 5.54. The fourth-order valence-corrected chi connectivity index (χ4v) is 1.53. The summed E-state index contributed by atoms with van der Waals surface area (Å²) in [6.45, 7) is 2.54. The summed E-state index contributed by atoms with van der Waals surface area (Å²) in [7, 11) is 0. The van der Waals surface area contributed by atoms with Crippen molar-refractivity contribution in [3.8, 4) is 11.5 Å². The zero-order chi connectivity index (χ0) is 14.0. The number of ether oxygens (including phenoxy) is 1. The zero-order valence-corrected chi connectivity index (χ0v) is 10.1. The predicted octanol–water partition coefficient (Wildman–Crippen LogP) is 2.11. The normalized spacial score (nSPS) is 10.4. The van der Waals surface area contributed by atoms with Crippen molar-refractivity contribution in [2.45, 2.75) is 13.5 Å². The van der Waals surface area contributed by atoms with E-state index in [1.165, 1.54) is 6.20 Å². The molecule has 0 saturated carbocycles. The van der Waals surface area contributed by atoms with E-state index < -0.39 is 11.8 Å². The number of carboxylic acid groups (broad SMARTS) is 1. The molecule has 0 fully saturated rings. The fourth-order valence-electron chi connectivity index (χ4n) is 1.53. The molecule has 0 aliphatic rings. The molecule has 1 aromatic heterocycles. The number of nitrogen functional groups attached to an aromatic ring is 1. The Morgan fingerprint density at radius 2 is 2.32 bits per heavy atom. The van der Waals surface area contributed by atoms with Crippen molar-refractivity contribution in [2.24, 2.45) is 0 Å². The van der Waals surface area contributed by atoms with Crippen molar-refractivity contribution >= 4 is 11.7 Å². The average molecular weight is 265 g/mol. The highest BCUT2D eigenvalue weighted by molar-refractivity contribution is 5.94. The van der Waals surface area contributed by atoms with Crippen LogP contribution in [-0.2, 0) is 6.54 Å².